The van der Waals surface area contributed by atoms with Crippen LogP contribution in [0.4, 0.5) is 0 Å². The second kappa shape index (κ2) is 15.6. The molecule has 2 aromatic carbocycles. The van der Waals surface area contributed by atoms with Crippen molar-refractivity contribution in [2.45, 2.75) is 109 Å². The van der Waals surface area contributed by atoms with Gasteiger partial charge in [0.2, 0.25) is 0 Å². The van der Waals surface area contributed by atoms with E-state index in [1.807, 2.05) is 60.7 Å². The molecule has 0 amide bonds. The molecule has 2 heterocycles. The van der Waals surface area contributed by atoms with Gasteiger partial charge in [-0.3, -0.25) is 14.4 Å². The van der Waals surface area contributed by atoms with Gasteiger partial charge in [-0.1, -0.05) is 60.7 Å². The standard InChI is InChI=1S/C32H40O12/c1-18-25(41-20(3)33)27(37-16-23-12-8-6-9-13-23)29(31(36)39-18)44-32-30(43-22(5)35)28(26(19(2)40-32)42-21(4)34)38-17-24-14-10-7-11-15-24/h6-15,18-19,25-32,36H,16-17H2,1-5H3/t18-,19-,25-,26-,27+,28+,29-,30-,31+,32+/m1/s1. The third-order valence-corrected chi connectivity index (χ3v) is 7.24. The third-order valence-electron chi connectivity index (χ3n) is 7.24. The second-order valence-corrected chi connectivity index (χ2v) is 10.8. The summed E-state index contributed by atoms with van der Waals surface area (Å²) >= 11 is 0. The van der Waals surface area contributed by atoms with E-state index in [0.717, 1.165) is 11.1 Å². The lowest BCUT2D eigenvalue weighted by molar-refractivity contribution is -0.363. The Morgan fingerprint density at radius 2 is 1.02 bits per heavy atom. The Morgan fingerprint density at radius 3 is 1.48 bits per heavy atom. The summed E-state index contributed by atoms with van der Waals surface area (Å²) in [5, 5.41) is 11.1. The Morgan fingerprint density at radius 1 is 0.614 bits per heavy atom. The largest absolute Gasteiger partial charge is 0.457 e. The Hall–Kier alpha value is -3.39. The van der Waals surface area contributed by atoms with E-state index in [-0.39, 0.29) is 13.2 Å². The molecule has 12 heteroatoms. The second-order valence-electron chi connectivity index (χ2n) is 10.8. The molecule has 2 aromatic rings. The van der Waals surface area contributed by atoms with E-state index >= 15 is 0 Å². The van der Waals surface area contributed by atoms with Gasteiger partial charge in [-0.2, -0.15) is 0 Å². The van der Waals surface area contributed by atoms with Gasteiger partial charge in [-0.05, 0) is 25.0 Å². The summed E-state index contributed by atoms with van der Waals surface area (Å²) in [7, 11) is 0. The molecule has 0 aromatic heterocycles. The summed E-state index contributed by atoms with van der Waals surface area (Å²) in [5.41, 5.74) is 1.66. The number of carbonyl (C=O) groups excluding carboxylic acids is 3. The van der Waals surface area contributed by atoms with Crippen LogP contribution in [-0.4, -0.2) is 84.4 Å². The summed E-state index contributed by atoms with van der Waals surface area (Å²) < 4.78 is 47.4. The minimum Gasteiger partial charge on any atom is -0.457 e. The van der Waals surface area contributed by atoms with Gasteiger partial charge >= 0.3 is 17.9 Å². The van der Waals surface area contributed by atoms with Crippen molar-refractivity contribution in [2.75, 3.05) is 0 Å². The monoisotopic (exact) mass is 616 g/mol. The average molecular weight is 617 g/mol. The first kappa shape index (κ1) is 33.5. The number of carbonyl (C=O) groups is 3. The van der Waals surface area contributed by atoms with Crippen molar-refractivity contribution in [3.8, 4) is 0 Å². The zero-order valence-corrected chi connectivity index (χ0v) is 25.4. The van der Waals surface area contributed by atoms with Crippen LogP contribution in [0.15, 0.2) is 60.7 Å². The first-order valence-corrected chi connectivity index (χ1v) is 14.5. The Bertz CT molecular complexity index is 1220. The number of hydrogen-bond acceptors (Lipinski definition) is 12. The average Bonchev–Trinajstić information content (AvgIpc) is 2.97. The number of aliphatic hydroxyl groups excluding tert-OH is 1. The van der Waals surface area contributed by atoms with Crippen molar-refractivity contribution in [2.24, 2.45) is 0 Å². The predicted molar refractivity (Wildman–Crippen MR) is 152 cm³/mol. The lowest BCUT2D eigenvalue weighted by Crippen LogP contribution is -2.65. The van der Waals surface area contributed by atoms with Crippen molar-refractivity contribution >= 4 is 17.9 Å². The molecule has 2 aliphatic rings. The quantitative estimate of drug-likeness (QED) is 0.293. The Balaban J connectivity index is 1.65. The normalized spacial score (nSPS) is 32.0. The molecule has 44 heavy (non-hydrogen) atoms. The molecule has 12 nitrogen and oxygen atoms in total. The minimum absolute atomic E-state index is 0.102. The van der Waals surface area contributed by atoms with E-state index in [1.165, 1.54) is 20.8 Å². The Kier molecular flexibility index (Phi) is 11.8. The zero-order valence-electron chi connectivity index (χ0n) is 25.4. The highest BCUT2D eigenvalue weighted by Crippen LogP contribution is 2.34. The molecule has 1 N–H and O–H groups in total. The number of hydrogen-bond donors (Lipinski definition) is 1. The molecule has 2 aliphatic heterocycles. The molecular formula is C32H40O12. The molecule has 2 saturated heterocycles. The van der Waals surface area contributed by atoms with Gasteiger partial charge in [0, 0.05) is 20.8 Å². The van der Waals surface area contributed by atoms with Gasteiger partial charge in [0.25, 0.3) is 0 Å². The van der Waals surface area contributed by atoms with E-state index in [1.54, 1.807) is 13.8 Å². The van der Waals surface area contributed by atoms with Crippen LogP contribution in [0.25, 0.3) is 0 Å². The fourth-order valence-corrected chi connectivity index (χ4v) is 5.31. The maximum Gasteiger partial charge on any atom is 0.303 e. The highest BCUT2D eigenvalue weighted by Gasteiger charge is 2.54. The first-order chi connectivity index (χ1) is 21.0. The highest BCUT2D eigenvalue weighted by atomic mass is 16.8. The number of esters is 3. The number of benzene rings is 2. The SMILES string of the molecule is CC(=O)O[C@H]1[C@H](O[C@@H]2[C@@H](OCc3ccccc3)[C@H](OC(C)=O)[C@@H](C)O[C@@H]2O)O[C@H](C)[C@@H](OC(C)=O)[C@@H]1OCc1ccccc1. The van der Waals surface area contributed by atoms with Gasteiger partial charge in [0.15, 0.2) is 30.9 Å². The van der Waals surface area contributed by atoms with Crippen molar-refractivity contribution in [3.05, 3.63) is 71.8 Å². The first-order valence-electron chi connectivity index (χ1n) is 14.5. The van der Waals surface area contributed by atoms with E-state index in [9.17, 15) is 19.5 Å². The van der Waals surface area contributed by atoms with Crippen LogP contribution >= 0.6 is 0 Å². The van der Waals surface area contributed by atoms with Crippen LogP contribution in [0.1, 0.15) is 45.7 Å². The fraction of sp³-hybridized carbons (Fsp3) is 0.531. The molecule has 10 atom stereocenters. The van der Waals surface area contributed by atoms with Crippen molar-refractivity contribution in [3.63, 3.8) is 0 Å². The van der Waals surface area contributed by atoms with E-state index in [0.29, 0.717) is 0 Å². The van der Waals surface area contributed by atoms with E-state index < -0.39 is 79.3 Å². The molecule has 2 fully saturated rings. The summed E-state index contributed by atoms with van der Waals surface area (Å²) in [4.78, 5) is 36.4. The minimum atomic E-state index is -1.54. The van der Waals surface area contributed by atoms with Crippen molar-refractivity contribution < 1.29 is 57.4 Å². The van der Waals surface area contributed by atoms with Crippen LogP contribution in [0.2, 0.25) is 0 Å². The maximum absolute atomic E-state index is 12.3. The lowest BCUT2D eigenvalue weighted by Gasteiger charge is -2.48. The molecule has 0 spiro atoms. The topological polar surface area (TPSA) is 145 Å². The van der Waals surface area contributed by atoms with E-state index in [2.05, 4.69) is 0 Å². The molecule has 0 radical (unpaired) electrons. The smallest absolute Gasteiger partial charge is 0.303 e. The number of ether oxygens (including phenoxy) is 8. The summed E-state index contributed by atoms with van der Waals surface area (Å²) in [6.45, 7) is 7.24. The van der Waals surface area contributed by atoms with Gasteiger partial charge in [-0.15, -0.1) is 0 Å². The Labute approximate surface area is 256 Å². The molecule has 0 aliphatic carbocycles. The van der Waals surface area contributed by atoms with Crippen LogP contribution in [0.5, 0.6) is 0 Å². The summed E-state index contributed by atoms with van der Waals surface area (Å²) in [5.74, 6) is -1.82. The molecule has 240 valence electrons. The van der Waals surface area contributed by atoms with Gasteiger partial charge < -0.3 is 43.0 Å². The van der Waals surface area contributed by atoms with Crippen LogP contribution < -0.4 is 0 Å². The van der Waals surface area contributed by atoms with E-state index in [4.69, 9.17) is 37.9 Å². The van der Waals surface area contributed by atoms with Crippen LogP contribution in [-0.2, 0) is 65.5 Å². The van der Waals surface area contributed by atoms with Crippen LogP contribution in [0.3, 0.4) is 0 Å². The number of aliphatic hydroxyl groups is 1. The molecule has 0 bridgehead atoms. The van der Waals surface area contributed by atoms with Crippen LogP contribution in [0, 0.1) is 0 Å². The summed E-state index contributed by atoms with van der Waals surface area (Å²) in [6, 6.07) is 18.6. The maximum atomic E-state index is 12.3. The van der Waals surface area contributed by atoms with Gasteiger partial charge in [0.1, 0.15) is 18.3 Å². The fourth-order valence-electron chi connectivity index (χ4n) is 5.31. The third kappa shape index (κ3) is 8.84. The molecule has 0 unspecified atom stereocenters. The molecule has 4 rings (SSSR count). The molecule has 0 saturated carbocycles. The highest BCUT2D eigenvalue weighted by molar-refractivity contribution is 5.67. The van der Waals surface area contributed by atoms with Crippen molar-refractivity contribution in [1.82, 2.24) is 0 Å². The number of rotatable bonds is 11. The summed E-state index contributed by atoms with van der Waals surface area (Å²) in [6.07, 6.45) is -10.9. The van der Waals surface area contributed by atoms with Crippen molar-refractivity contribution in [1.29, 1.82) is 0 Å². The predicted octanol–water partition coefficient (Wildman–Crippen LogP) is 2.82. The van der Waals surface area contributed by atoms with Gasteiger partial charge in [0.05, 0.1) is 25.4 Å². The zero-order chi connectivity index (χ0) is 31.8. The molecular weight excluding hydrogens is 576 g/mol. The van der Waals surface area contributed by atoms with Gasteiger partial charge in [-0.25, -0.2) is 0 Å². The lowest BCUT2D eigenvalue weighted by atomic mass is 9.97.